The van der Waals surface area contributed by atoms with E-state index in [9.17, 15) is 0 Å². The molecule has 3 aromatic heterocycles. The molecule has 203 valence electrons. The predicted octanol–water partition coefficient (Wildman–Crippen LogP) is 9.19. The average Bonchev–Trinajstić information content (AvgIpc) is 3.74. The summed E-state index contributed by atoms with van der Waals surface area (Å²) in [6.07, 6.45) is 6.47. The summed E-state index contributed by atoms with van der Waals surface area (Å²) in [7, 11) is -1.30. The van der Waals surface area contributed by atoms with E-state index in [2.05, 4.69) is 90.3 Å². The minimum absolute atomic E-state index is 0. The number of hydrogen-bond donors (Lipinski definition) is 0. The molecule has 6 aromatic rings. The van der Waals surface area contributed by atoms with Crippen LogP contribution in [0.5, 0.6) is 0 Å². The van der Waals surface area contributed by atoms with Crippen molar-refractivity contribution in [1.82, 2.24) is 9.97 Å². The first kappa shape index (κ1) is 28.6. The minimum Gasteiger partial charge on any atom is -0.305 e. The molecule has 7 rings (SSSR count). The molecular formula is C35H32IrN2SSi-2. The molecule has 40 heavy (non-hydrogen) atoms. The van der Waals surface area contributed by atoms with Crippen molar-refractivity contribution in [2.24, 2.45) is 0 Å². The summed E-state index contributed by atoms with van der Waals surface area (Å²) in [4.78, 5) is 9.00. The number of pyridine rings is 2. The van der Waals surface area contributed by atoms with Crippen LogP contribution in [0.25, 0.3) is 42.7 Å². The predicted molar refractivity (Wildman–Crippen MR) is 170 cm³/mol. The Hall–Kier alpha value is -2.95. The Morgan fingerprint density at radius 3 is 2.38 bits per heavy atom. The molecule has 3 aromatic carbocycles. The van der Waals surface area contributed by atoms with Crippen LogP contribution in [-0.4, -0.2) is 18.0 Å². The maximum atomic E-state index is 4.68. The zero-order valence-corrected chi connectivity index (χ0v) is 27.5. The molecule has 0 atom stereocenters. The number of thiophene rings is 1. The fourth-order valence-electron chi connectivity index (χ4n) is 4.83. The SMILES string of the molecule is C[Si](C)(C)c1ccc2c(c1)sc1c(-c3cc(C4CC4)ccn3)[c-]ccc12.Cc1ccc(-c2[c-]cccc2)nc1.[Ir]. The fourth-order valence-corrected chi connectivity index (χ4v) is 7.34. The number of aryl methyl sites for hydroxylation is 1. The Balaban J connectivity index is 0.000000195. The van der Waals surface area contributed by atoms with E-state index >= 15 is 0 Å². The van der Waals surface area contributed by atoms with Crippen LogP contribution in [0.2, 0.25) is 19.6 Å². The van der Waals surface area contributed by atoms with E-state index in [1.165, 1.54) is 49.3 Å². The second-order valence-corrected chi connectivity index (χ2v) is 17.5. The Labute approximate surface area is 255 Å². The van der Waals surface area contributed by atoms with Crippen LogP contribution >= 0.6 is 11.3 Å². The van der Waals surface area contributed by atoms with Crippen molar-refractivity contribution in [1.29, 1.82) is 0 Å². The summed E-state index contributed by atoms with van der Waals surface area (Å²) in [5.41, 5.74) is 6.86. The molecule has 0 unspecified atom stereocenters. The third-order valence-electron chi connectivity index (χ3n) is 7.28. The maximum Gasteiger partial charge on any atom is 0.0776 e. The van der Waals surface area contributed by atoms with Gasteiger partial charge in [-0.2, -0.15) is 11.3 Å². The summed E-state index contributed by atoms with van der Waals surface area (Å²) in [6.45, 7) is 9.27. The third-order valence-corrected chi connectivity index (χ3v) is 10.5. The van der Waals surface area contributed by atoms with E-state index in [0.717, 1.165) is 28.4 Å². The van der Waals surface area contributed by atoms with Crippen LogP contribution in [0, 0.1) is 19.1 Å². The number of aromatic nitrogens is 2. The Kier molecular flexibility index (Phi) is 8.49. The molecule has 2 nitrogen and oxygen atoms in total. The molecule has 0 spiro atoms. The molecule has 1 saturated carbocycles. The van der Waals surface area contributed by atoms with E-state index in [0.29, 0.717) is 0 Å². The molecule has 0 amide bonds. The Morgan fingerprint density at radius 2 is 1.68 bits per heavy atom. The van der Waals surface area contributed by atoms with Gasteiger partial charge in [0.05, 0.1) is 8.07 Å². The van der Waals surface area contributed by atoms with Crippen molar-refractivity contribution in [3.63, 3.8) is 0 Å². The quantitative estimate of drug-likeness (QED) is 0.134. The molecule has 3 heterocycles. The topological polar surface area (TPSA) is 25.8 Å². The molecule has 5 heteroatoms. The maximum absolute atomic E-state index is 4.68. The van der Waals surface area contributed by atoms with Crippen LogP contribution in [0.4, 0.5) is 0 Å². The van der Waals surface area contributed by atoms with Gasteiger partial charge in [-0.3, -0.25) is 0 Å². The molecule has 1 radical (unpaired) electrons. The largest absolute Gasteiger partial charge is 0.305 e. The van der Waals surface area contributed by atoms with Crippen molar-refractivity contribution in [2.45, 2.75) is 45.3 Å². The number of fused-ring (bicyclic) bond motifs is 3. The van der Waals surface area contributed by atoms with Crippen LogP contribution < -0.4 is 5.19 Å². The summed E-state index contributed by atoms with van der Waals surface area (Å²) < 4.78 is 2.70. The van der Waals surface area contributed by atoms with E-state index in [4.69, 9.17) is 0 Å². The van der Waals surface area contributed by atoms with Crippen molar-refractivity contribution in [3.05, 3.63) is 115 Å². The summed E-state index contributed by atoms with van der Waals surface area (Å²) in [5.74, 6) is 0.748. The fraction of sp³-hybridized carbons (Fsp3) is 0.200. The second kappa shape index (κ2) is 11.9. The van der Waals surface area contributed by atoms with Crippen molar-refractivity contribution in [3.8, 4) is 22.5 Å². The van der Waals surface area contributed by atoms with Crippen molar-refractivity contribution in [2.75, 3.05) is 0 Å². The summed E-state index contributed by atoms with van der Waals surface area (Å²) in [6, 6.07) is 34.3. The van der Waals surface area contributed by atoms with E-state index < -0.39 is 8.07 Å². The van der Waals surface area contributed by atoms with Crippen molar-refractivity contribution < 1.29 is 20.1 Å². The number of rotatable bonds is 4. The van der Waals surface area contributed by atoms with Crippen LogP contribution in [-0.2, 0) is 20.1 Å². The molecule has 1 fully saturated rings. The van der Waals surface area contributed by atoms with Gasteiger partial charge in [0.15, 0.2) is 0 Å². The van der Waals surface area contributed by atoms with Gasteiger partial charge in [-0.1, -0.05) is 66.1 Å². The zero-order chi connectivity index (χ0) is 27.0. The molecule has 1 aliphatic rings. The first-order valence-electron chi connectivity index (χ1n) is 13.6. The smallest absolute Gasteiger partial charge is 0.0776 e. The first-order valence-corrected chi connectivity index (χ1v) is 17.9. The number of nitrogens with zero attached hydrogens (tertiary/aromatic N) is 2. The van der Waals surface area contributed by atoms with Gasteiger partial charge in [0.1, 0.15) is 0 Å². The molecular weight excluding hydrogens is 701 g/mol. The molecule has 0 saturated heterocycles. The molecule has 0 N–H and O–H groups in total. The normalized spacial score (nSPS) is 13.0. The zero-order valence-electron chi connectivity index (χ0n) is 23.3. The van der Waals surface area contributed by atoms with Crippen molar-refractivity contribution >= 4 is 44.8 Å². The van der Waals surface area contributed by atoms with Gasteiger partial charge in [0.25, 0.3) is 0 Å². The van der Waals surface area contributed by atoms with E-state index in [-0.39, 0.29) is 20.1 Å². The van der Waals surface area contributed by atoms with E-state index in [1.807, 2.05) is 61.0 Å². The van der Waals surface area contributed by atoms with Crippen LogP contribution in [0.3, 0.4) is 0 Å². The van der Waals surface area contributed by atoms with Crippen LogP contribution in [0.1, 0.15) is 29.9 Å². The number of hydrogen-bond acceptors (Lipinski definition) is 3. The number of benzene rings is 3. The monoisotopic (exact) mass is 733 g/mol. The molecule has 0 aliphatic heterocycles. The van der Waals surface area contributed by atoms with Gasteiger partial charge in [0, 0.05) is 37.2 Å². The van der Waals surface area contributed by atoms with Crippen LogP contribution in [0.15, 0.2) is 91.3 Å². The van der Waals surface area contributed by atoms with E-state index in [1.54, 1.807) is 0 Å². The van der Waals surface area contributed by atoms with Gasteiger partial charge in [-0.05, 0) is 64.9 Å². The first-order chi connectivity index (χ1) is 18.9. The second-order valence-electron chi connectivity index (χ2n) is 11.4. The van der Waals surface area contributed by atoms with Gasteiger partial charge >= 0.3 is 0 Å². The molecule has 0 bridgehead atoms. The standard InChI is InChI=1S/C23H22NSSi.C12H10N.Ir/c1-26(2,3)17-9-10-18-19-5-4-6-20(23(19)25-22(18)14-17)21-13-16(11-12-24-21)15-7-8-15;1-10-7-8-12(13-9-10)11-5-3-2-4-6-11;/h4-5,9-15H,7-8H2,1-3H3;2-5,7-9H,1H3;/q2*-1;. The summed E-state index contributed by atoms with van der Waals surface area (Å²) >= 11 is 1.89. The van der Waals surface area contributed by atoms with Gasteiger partial charge in [-0.15, -0.1) is 59.7 Å². The molecule has 1 aliphatic carbocycles. The average molecular weight is 733 g/mol. The van der Waals surface area contributed by atoms with Gasteiger partial charge < -0.3 is 9.97 Å². The third kappa shape index (κ3) is 6.18. The van der Waals surface area contributed by atoms with Gasteiger partial charge in [-0.25, -0.2) is 0 Å². The minimum atomic E-state index is -1.30. The Morgan fingerprint density at radius 1 is 0.825 bits per heavy atom. The summed E-state index contributed by atoms with van der Waals surface area (Å²) in [5, 5.41) is 4.22. The Bertz CT molecular complexity index is 1750. The van der Waals surface area contributed by atoms with Gasteiger partial charge in [0.2, 0.25) is 0 Å².